The fraction of sp³-hybridized carbons (Fsp3) is 0.286. The number of carbonyl (C=O) groups excluding carboxylic acids is 4. The van der Waals surface area contributed by atoms with Crippen LogP contribution in [0.2, 0.25) is 0 Å². The first-order valence-corrected chi connectivity index (χ1v) is 12.4. The average molecular weight is 532 g/mol. The molecule has 1 amide bonds. The van der Waals surface area contributed by atoms with Crippen LogP contribution in [0.25, 0.3) is 10.9 Å². The van der Waals surface area contributed by atoms with E-state index in [0.717, 1.165) is 5.56 Å². The number of aromatic nitrogens is 1. The summed E-state index contributed by atoms with van der Waals surface area (Å²) in [5, 5.41) is 14.8. The molecule has 1 aliphatic heterocycles. The molecule has 39 heavy (non-hydrogen) atoms. The SMILES string of the molecule is COC(=O)C(CCC(=O)CC1CC(c2ccc(C(=N)N)cc2)=NO1)NC(=O)c1[nH]c2ccccc2c1C(C)=O. The summed E-state index contributed by atoms with van der Waals surface area (Å²) >= 11 is 0. The number of aromatic amines is 1. The number of carbonyl (C=O) groups is 4. The van der Waals surface area contributed by atoms with E-state index in [0.29, 0.717) is 28.6 Å². The molecule has 3 aromatic rings. The van der Waals surface area contributed by atoms with Crippen LogP contribution in [0.4, 0.5) is 0 Å². The Balaban J connectivity index is 1.35. The minimum Gasteiger partial charge on any atom is -0.467 e. The number of fused-ring (bicyclic) bond motifs is 1. The van der Waals surface area contributed by atoms with Crippen molar-refractivity contribution in [2.45, 2.75) is 44.8 Å². The van der Waals surface area contributed by atoms with Gasteiger partial charge in [-0.15, -0.1) is 0 Å². The quantitative estimate of drug-likeness (QED) is 0.127. The number of hydrogen-bond acceptors (Lipinski definition) is 8. The molecule has 5 N–H and O–H groups in total. The molecule has 0 saturated carbocycles. The van der Waals surface area contributed by atoms with E-state index < -0.39 is 24.0 Å². The molecule has 0 radical (unpaired) electrons. The fourth-order valence-corrected chi connectivity index (χ4v) is 4.51. The molecule has 1 aliphatic rings. The third kappa shape index (κ3) is 6.20. The van der Waals surface area contributed by atoms with Crippen LogP contribution < -0.4 is 11.1 Å². The van der Waals surface area contributed by atoms with Crippen LogP contribution in [0.1, 0.15) is 64.6 Å². The highest BCUT2D eigenvalue weighted by molar-refractivity contribution is 6.15. The number of ether oxygens (including phenoxy) is 1. The number of nitrogen functional groups attached to an aromatic ring is 1. The van der Waals surface area contributed by atoms with Crippen LogP contribution in [0.3, 0.4) is 0 Å². The second-order valence-corrected chi connectivity index (χ2v) is 9.27. The van der Waals surface area contributed by atoms with Gasteiger partial charge in [-0.3, -0.25) is 19.8 Å². The Kier molecular flexibility index (Phi) is 8.18. The zero-order valence-electron chi connectivity index (χ0n) is 21.6. The highest BCUT2D eigenvalue weighted by Crippen LogP contribution is 2.24. The van der Waals surface area contributed by atoms with E-state index in [1.807, 2.05) is 0 Å². The van der Waals surface area contributed by atoms with Crippen molar-refractivity contribution < 1.29 is 28.8 Å². The maximum Gasteiger partial charge on any atom is 0.328 e. The van der Waals surface area contributed by atoms with Gasteiger partial charge < -0.3 is 25.6 Å². The number of oxime groups is 1. The number of amides is 1. The second kappa shape index (κ2) is 11.7. The van der Waals surface area contributed by atoms with Gasteiger partial charge >= 0.3 is 5.97 Å². The molecule has 0 spiro atoms. The highest BCUT2D eigenvalue weighted by Gasteiger charge is 2.29. The van der Waals surface area contributed by atoms with Gasteiger partial charge in [0.15, 0.2) is 5.78 Å². The molecule has 11 heteroatoms. The smallest absolute Gasteiger partial charge is 0.328 e. The van der Waals surface area contributed by atoms with Crippen molar-refractivity contribution in [1.82, 2.24) is 10.3 Å². The maximum absolute atomic E-state index is 13.1. The number of esters is 1. The standard InChI is InChI=1S/C28H29N5O6/c1-15(34)24-20-5-3-4-6-21(20)31-25(24)27(36)32-22(28(37)38-2)12-11-18(35)13-19-14-23(33-39-19)16-7-9-17(10-8-16)26(29)30/h3-10,19,22,31H,11-14H2,1-2H3,(H3,29,30)(H,32,36). The lowest BCUT2D eigenvalue weighted by Crippen LogP contribution is -2.42. The van der Waals surface area contributed by atoms with E-state index in [2.05, 4.69) is 15.5 Å². The summed E-state index contributed by atoms with van der Waals surface area (Å²) in [4.78, 5) is 58.9. The van der Waals surface area contributed by atoms with Gasteiger partial charge in [0.25, 0.3) is 5.91 Å². The monoisotopic (exact) mass is 531 g/mol. The first-order chi connectivity index (χ1) is 18.7. The summed E-state index contributed by atoms with van der Waals surface area (Å²) in [5.74, 6) is -1.84. The number of ketones is 2. The van der Waals surface area contributed by atoms with Crippen LogP contribution in [-0.4, -0.2) is 59.2 Å². The molecule has 4 rings (SSSR count). The zero-order chi connectivity index (χ0) is 28.1. The Morgan fingerprint density at radius 2 is 1.90 bits per heavy atom. The molecule has 0 aliphatic carbocycles. The molecule has 2 heterocycles. The third-order valence-electron chi connectivity index (χ3n) is 6.51. The van der Waals surface area contributed by atoms with Crippen molar-refractivity contribution in [3.8, 4) is 0 Å². The Labute approximate surface area is 224 Å². The molecule has 2 atom stereocenters. The van der Waals surface area contributed by atoms with Gasteiger partial charge in [-0.05, 0) is 25.0 Å². The number of H-pyrrole nitrogens is 1. The van der Waals surface area contributed by atoms with Gasteiger partial charge in [0, 0.05) is 35.7 Å². The van der Waals surface area contributed by atoms with Gasteiger partial charge in [0.05, 0.1) is 18.4 Å². The van der Waals surface area contributed by atoms with Crippen molar-refractivity contribution in [2.24, 2.45) is 10.9 Å². The summed E-state index contributed by atoms with van der Waals surface area (Å²) in [6.45, 7) is 1.37. The molecule has 202 valence electrons. The summed E-state index contributed by atoms with van der Waals surface area (Å²) in [5.41, 5.74) is 8.47. The van der Waals surface area contributed by atoms with Crippen molar-refractivity contribution in [1.29, 1.82) is 5.41 Å². The molecular formula is C28H29N5O6. The number of hydrogen-bond donors (Lipinski definition) is 4. The Hall–Kier alpha value is -4.80. The van der Waals surface area contributed by atoms with Crippen LogP contribution in [-0.2, 0) is 19.2 Å². The van der Waals surface area contributed by atoms with Gasteiger partial charge in [0.1, 0.15) is 29.5 Å². The fourth-order valence-electron chi connectivity index (χ4n) is 4.51. The topological polar surface area (TPSA) is 177 Å². The molecule has 0 fully saturated rings. The number of benzene rings is 2. The second-order valence-electron chi connectivity index (χ2n) is 9.27. The Bertz CT molecular complexity index is 1470. The van der Waals surface area contributed by atoms with E-state index >= 15 is 0 Å². The molecular weight excluding hydrogens is 502 g/mol. The summed E-state index contributed by atoms with van der Waals surface area (Å²) in [7, 11) is 1.20. The Morgan fingerprint density at radius 1 is 1.18 bits per heavy atom. The summed E-state index contributed by atoms with van der Waals surface area (Å²) in [6, 6.07) is 12.9. The first-order valence-electron chi connectivity index (χ1n) is 12.4. The molecule has 0 bridgehead atoms. The van der Waals surface area contributed by atoms with E-state index in [1.165, 1.54) is 14.0 Å². The van der Waals surface area contributed by atoms with E-state index in [1.54, 1.807) is 48.5 Å². The lowest BCUT2D eigenvalue weighted by Gasteiger charge is -2.16. The summed E-state index contributed by atoms with van der Waals surface area (Å²) < 4.78 is 4.83. The summed E-state index contributed by atoms with van der Waals surface area (Å²) in [6.07, 6.45) is 0.0674. The first kappa shape index (κ1) is 27.2. The van der Waals surface area contributed by atoms with E-state index in [4.69, 9.17) is 20.7 Å². The minimum atomic E-state index is -1.09. The minimum absolute atomic E-state index is 0.00514. The normalized spacial score (nSPS) is 15.2. The Morgan fingerprint density at radius 3 is 2.56 bits per heavy atom. The number of para-hydroxylation sites is 1. The number of rotatable bonds is 11. The number of nitrogens with two attached hydrogens (primary N) is 1. The predicted molar refractivity (Wildman–Crippen MR) is 144 cm³/mol. The van der Waals surface area contributed by atoms with Crippen LogP contribution >= 0.6 is 0 Å². The van der Waals surface area contributed by atoms with E-state index in [-0.39, 0.29) is 47.9 Å². The molecule has 2 aromatic carbocycles. The van der Waals surface area contributed by atoms with Crippen LogP contribution in [0.15, 0.2) is 53.7 Å². The number of amidine groups is 1. The molecule has 1 aromatic heterocycles. The van der Waals surface area contributed by atoms with Gasteiger partial charge in [-0.1, -0.05) is 47.6 Å². The largest absolute Gasteiger partial charge is 0.467 e. The van der Waals surface area contributed by atoms with E-state index in [9.17, 15) is 19.2 Å². The van der Waals surface area contributed by atoms with Gasteiger partial charge in [0.2, 0.25) is 0 Å². The van der Waals surface area contributed by atoms with Gasteiger partial charge in [-0.2, -0.15) is 0 Å². The average Bonchev–Trinajstić information content (AvgIpc) is 3.55. The highest BCUT2D eigenvalue weighted by atomic mass is 16.6. The van der Waals surface area contributed by atoms with Crippen LogP contribution in [0, 0.1) is 5.41 Å². The number of Topliss-reactive ketones (excluding diaryl/α,β-unsaturated/α-hetero) is 2. The van der Waals surface area contributed by atoms with Crippen molar-refractivity contribution in [2.75, 3.05) is 7.11 Å². The molecule has 11 nitrogen and oxygen atoms in total. The zero-order valence-corrected chi connectivity index (χ0v) is 21.6. The van der Waals surface area contributed by atoms with Crippen LogP contribution in [0.5, 0.6) is 0 Å². The van der Waals surface area contributed by atoms with Gasteiger partial charge in [-0.25, -0.2) is 4.79 Å². The lowest BCUT2D eigenvalue weighted by atomic mass is 9.99. The number of methoxy groups -OCH3 is 1. The third-order valence-corrected chi connectivity index (χ3v) is 6.51. The number of nitrogens with zero attached hydrogens (tertiary/aromatic N) is 1. The number of nitrogens with one attached hydrogen (secondary N) is 3. The van der Waals surface area contributed by atoms with Crippen molar-refractivity contribution in [3.05, 3.63) is 70.9 Å². The van der Waals surface area contributed by atoms with Crippen molar-refractivity contribution in [3.63, 3.8) is 0 Å². The predicted octanol–water partition coefficient (Wildman–Crippen LogP) is 2.86. The lowest BCUT2D eigenvalue weighted by molar-refractivity contribution is -0.143. The maximum atomic E-state index is 13.1. The van der Waals surface area contributed by atoms with Crippen molar-refractivity contribution >= 4 is 45.9 Å². The molecule has 0 saturated heterocycles. The molecule has 2 unspecified atom stereocenters.